The van der Waals surface area contributed by atoms with Gasteiger partial charge in [-0.15, -0.1) is 0 Å². The van der Waals surface area contributed by atoms with E-state index >= 15 is 0 Å². The summed E-state index contributed by atoms with van der Waals surface area (Å²) in [6, 6.07) is 6.43. The molecule has 0 atom stereocenters. The first kappa shape index (κ1) is 10.1. The lowest BCUT2D eigenvalue weighted by Gasteiger charge is -2.10. The number of H-pyrrole nitrogens is 1. The molecule has 4 rings (SSSR count). The molecule has 90 valence electrons. The Hall–Kier alpha value is -1.83. The molecular formula is C16H16N2. The van der Waals surface area contributed by atoms with Crippen LogP contribution < -0.4 is 0 Å². The zero-order valence-corrected chi connectivity index (χ0v) is 10.6. The van der Waals surface area contributed by atoms with Gasteiger partial charge in [0.15, 0.2) is 0 Å². The Bertz CT molecular complexity index is 752. The standard InChI is InChI=1S/C16H16N2/c1-10-5-4-7-12-15(10)17-9-13-11-6-2-3-8-14(11)18-16(12)13/h4-5,7,9,18H,2-3,6,8H2,1H3. The summed E-state index contributed by atoms with van der Waals surface area (Å²) in [5.74, 6) is 0. The summed E-state index contributed by atoms with van der Waals surface area (Å²) in [5, 5.41) is 2.60. The molecule has 0 aliphatic heterocycles. The zero-order valence-electron chi connectivity index (χ0n) is 10.6. The van der Waals surface area contributed by atoms with Gasteiger partial charge in [0.1, 0.15) is 0 Å². The Kier molecular flexibility index (Phi) is 2.01. The van der Waals surface area contributed by atoms with Crippen molar-refractivity contribution in [2.45, 2.75) is 32.6 Å². The zero-order chi connectivity index (χ0) is 12.1. The molecular weight excluding hydrogens is 220 g/mol. The van der Waals surface area contributed by atoms with Crippen LogP contribution in [0.15, 0.2) is 24.4 Å². The van der Waals surface area contributed by atoms with Crippen molar-refractivity contribution in [2.24, 2.45) is 0 Å². The van der Waals surface area contributed by atoms with Gasteiger partial charge in [-0.1, -0.05) is 18.2 Å². The number of benzene rings is 1. The van der Waals surface area contributed by atoms with Gasteiger partial charge in [-0.2, -0.15) is 0 Å². The van der Waals surface area contributed by atoms with Gasteiger partial charge in [0.2, 0.25) is 0 Å². The van der Waals surface area contributed by atoms with E-state index in [1.54, 1.807) is 0 Å². The molecule has 0 saturated heterocycles. The first-order chi connectivity index (χ1) is 8.84. The van der Waals surface area contributed by atoms with E-state index in [1.165, 1.54) is 58.8 Å². The normalized spacial score (nSPS) is 15.2. The van der Waals surface area contributed by atoms with E-state index in [0.717, 1.165) is 5.52 Å². The largest absolute Gasteiger partial charge is 0.358 e. The van der Waals surface area contributed by atoms with E-state index in [4.69, 9.17) is 0 Å². The highest BCUT2D eigenvalue weighted by Gasteiger charge is 2.17. The number of pyridine rings is 1. The van der Waals surface area contributed by atoms with Crippen molar-refractivity contribution in [3.8, 4) is 0 Å². The van der Waals surface area contributed by atoms with Gasteiger partial charge in [0, 0.05) is 22.7 Å². The Morgan fingerprint density at radius 3 is 2.94 bits per heavy atom. The maximum Gasteiger partial charge on any atom is 0.0752 e. The van der Waals surface area contributed by atoms with Gasteiger partial charge in [-0.25, -0.2) is 0 Å². The van der Waals surface area contributed by atoms with Crippen molar-refractivity contribution in [3.05, 3.63) is 41.2 Å². The number of fused-ring (bicyclic) bond motifs is 5. The fourth-order valence-corrected chi connectivity index (χ4v) is 3.23. The molecule has 0 fully saturated rings. The highest BCUT2D eigenvalue weighted by molar-refractivity contribution is 6.05. The first-order valence-corrected chi connectivity index (χ1v) is 6.72. The molecule has 0 bridgehead atoms. The molecule has 18 heavy (non-hydrogen) atoms. The molecule has 0 spiro atoms. The van der Waals surface area contributed by atoms with E-state index in [0.29, 0.717) is 0 Å². The van der Waals surface area contributed by atoms with E-state index in [9.17, 15) is 0 Å². The summed E-state index contributed by atoms with van der Waals surface area (Å²) in [6.07, 6.45) is 7.08. The smallest absolute Gasteiger partial charge is 0.0752 e. The van der Waals surface area contributed by atoms with Crippen LogP contribution in [0.25, 0.3) is 21.8 Å². The minimum absolute atomic E-state index is 1.13. The number of rotatable bonds is 0. The Morgan fingerprint density at radius 2 is 2.00 bits per heavy atom. The molecule has 2 heteroatoms. The lowest BCUT2D eigenvalue weighted by atomic mass is 9.96. The van der Waals surface area contributed by atoms with Gasteiger partial charge in [0.05, 0.1) is 11.0 Å². The second-order valence-corrected chi connectivity index (χ2v) is 5.31. The Morgan fingerprint density at radius 1 is 1.11 bits per heavy atom. The molecule has 2 heterocycles. The molecule has 1 aliphatic rings. The highest BCUT2D eigenvalue weighted by atomic mass is 14.8. The van der Waals surface area contributed by atoms with Crippen LogP contribution in [0.3, 0.4) is 0 Å². The fourth-order valence-electron chi connectivity index (χ4n) is 3.23. The molecule has 0 amide bonds. The average Bonchev–Trinajstić information content (AvgIpc) is 2.78. The van der Waals surface area contributed by atoms with Gasteiger partial charge in [0.25, 0.3) is 0 Å². The number of aromatic nitrogens is 2. The monoisotopic (exact) mass is 236 g/mol. The number of hydrogen-bond acceptors (Lipinski definition) is 1. The van der Waals surface area contributed by atoms with Crippen LogP contribution in [0.4, 0.5) is 0 Å². The van der Waals surface area contributed by atoms with Gasteiger partial charge in [-0.05, 0) is 43.7 Å². The molecule has 0 radical (unpaired) electrons. The molecule has 1 aliphatic carbocycles. The van der Waals surface area contributed by atoms with Crippen molar-refractivity contribution < 1.29 is 0 Å². The van der Waals surface area contributed by atoms with E-state index in [1.807, 2.05) is 0 Å². The van der Waals surface area contributed by atoms with Crippen LogP contribution in [0.5, 0.6) is 0 Å². The third kappa shape index (κ3) is 1.26. The minimum atomic E-state index is 1.13. The second kappa shape index (κ2) is 3.58. The van der Waals surface area contributed by atoms with Crippen molar-refractivity contribution in [1.29, 1.82) is 0 Å². The third-order valence-electron chi connectivity index (χ3n) is 4.17. The van der Waals surface area contributed by atoms with Gasteiger partial charge in [-0.3, -0.25) is 4.98 Å². The quantitative estimate of drug-likeness (QED) is 0.630. The van der Waals surface area contributed by atoms with Crippen LogP contribution in [-0.2, 0) is 12.8 Å². The summed E-state index contributed by atoms with van der Waals surface area (Å²) in [4.78, 5) is 8.32. The summed E-state index contributed by atoms with van der Waals surface area (Å²) in [6.45, 7) is 2.13. The first-order valence-electron chi connectivity index (χ1n) is 6.72. The second-order valence-electron chi connectivity index (χ2n) is 5.31. The fraction of sp³-hybridized carbons (Fsp3) is 0.312. The summed E-state index contributed by atoms with van der Waals surface area (Å²) < 4.78 is 0. The van der Waals surface area contributed by atoms with Crippen LogP contribution >= 0.6 is 0 Å². The number of hydrogen-bond donors (Lipinski definition) is 1. The van der Waals surface area contributed by atoms with Crippen molar-refractivity contribution in [3.63, 3.8) is 0 Å². The molecule has 2 aromatic heterocycles. The number of aromatic amines is 1. The highest BCUT2D eigenvalue weighted by Crippen LogP contribution is 2.32. The van der Waals surface area contributed by atoms with E-state index < -0.39 is 0 Å². The minimum Gasteiger partial charge on any atom is -0.358 e. The number of nitrogens with zero attached hydrogens (tertiary/aromatic N) is 1. The predicted molar refractivity (Wildman–Crippen MR) is 75.0 cm³/mol. The Labute approximate surface area is 106 Å². The predicted octanol–water partition coefficient (Wildman–Crippen LogP) is 3.90. The number of nitrogens with one attached hydrogen (secondary N) is 1. The SMILES string of the molecule is Cc1cccc2c1ncc1c3c([nH]c12)CCCC3. The van der Waals surface area contributed by atoms with E-state index in [-0.39, 0.29) is 0 Å². The molecule has 0 unspecified atom stereocenters. The van der Waals surface area contributed by atoms with E-state index in [2.05, 4.69) is 41.3 Å². The topological polar surface area (TPSA) is 28.7 Å². The maximum atomic E-state index is 4.67. The summed E-state index contributed by atoms with van der Waals surface area (Å²) in [7, 11) is 0. The molecule has 3 aromatic rings. The van der Waals surface area contributed by atoms with Gasteiger partial charge >= 0.3 is 0 Å². The molecule has 1 N–H and O–H groups in total. The molecule has 0 saturated carbocycles. The van der Waals surface area contributed by atoms with Crippen molar-refractivity contribution in [2.75, 3.05) is 0 Å². The van der Waals surface area contributed by atoms with Crippen molar-refractivity contribution >= 4 is 21.8 Å². The molecule has 2 nitrogen and oxygen atoms in total. The summed E-state index contributed by atoms with van der Waals surface area (Å²) in [5.41, 5.74) is 6.61. The third-order valence-corrected chi connectivity index (χ3v) is 4.17. The van der Waals surface area contributed by atoms with Crippen LogP contribution in [0.2, 0.25) is 0 Å². The average molecular weight is 236 g/mol. The van der Waals surface area contributed by atoms with Crippen LogP contribution in [0.1, 0.15) is 29.7 Å². The number of para-hydroxylation sites is 1. The number of aryl methyl sites for hydroxylation is 3. The van der Waals surface area contributed by atoms with Crippen molar-refractivity contribution in [1.82, 2.24) is 9.97 Å². The lowest BCUT2D eigenvalue weighted by Crippen LogP contribution is -1.99. The summed E-state index contributed by atoms with van der Waals surface area (Å²) >= 11 is 0. The molecule has 1 aromatic carbocycles. The van der Waals surface area contributed by atoms with Gasteiger partial charge < -0.3 is 4.98 Å². The lowest BCUT2D eigenvalue weighted by molar-refractivity contribution is 0.680. The Balaban J connectivity index is 2.16. The maximum absolute atomic E-state index is 4.67. The van der Waals surface area contributed by atoms with Crippen LogP contribution in [0, 0.1) is 6.92 Å². The van der Waals surface area contributed by atoms with Crippen LogP contribution in [-0.4, -0.2) is 9.97 Å².